The largest absolute Gasteiger partial charge is 0.315 e. The van der Waals surface area contributed by atoms with Gasteiger partial charge in [0.15, 0.2) is 0 Å². The van der Waals surface area contributed by atoms with E-state index in [0.717, 1.165) is 25.6 Å². The van der Waals surface area contributed by atoms with Crippen molar-refractivity contribution < 1.29 is 0 Å². The van der Waals surface area contributed by atoms with Crippen molar-refractivity contribution in [3.05, 3.63) is 0 Å². The number of hydrogen-bond acceptors (Lipinski definition) is 3. The second kappa shape index (κ2) is 7.61. The maximum Gasteiger partial charge on any atom is 0.0108 e. The van der Waals surface area contributed by atoms with Crippen molar-refractivity contribution in [2.75, 3.05) is 45.8 Å². The summed E-state index contributed by atoms with van der Waals surface area (Å²) in [5, 5.41) is 7.12. The third-order valence-corrected chi connectivity index (χ3v) is 5.11. The topological polar surface area (TPSA) is 27.3 Å². The highest BCUT2D eigenvalue weighted by atomic mass is 15.2. The number of piperazine rings is 1. The Bertz CT molecular complexity index is 240. The van der Waals surface area contributed by atoms with Gasteiger partial charge in [-0.1, -0.05) is 33.1 Å². The van der Waals surface area contributed by atoms with Crippen molar-refractivity contribution in [1.82, 2.24) is 15.5 Å². The normalized spacial score (nSPS) is 23.7. The lowest BCUT2D eigenvalue weighted by atomic mass is 9.71. The van der Waals surface area contributed by atoms with Crippen LogP contribution in [0.3, 0.4) is 0 Å². The monoisotopic (exact) mass is 267 g/mol. The van der Waals surface area contributed by atoms with Gasteiger partial charge in [0.25, 0.3) is 0 Å². The number of nitrogens with one attached hydrogen (secondary N) is 2. The summed E-state index contributed by atoms with van der Waals surface area (Å²) in [5.41, 5.74) is 0.476. The molecule has 2 rings (SSSR count). The van der Waals surface area contributed by atoms with E-state index in [1.807, 2.05) is 0 Å². The molecule has 1 saturated carbocycles. The van der Waals surface area contributed by atoms with E-state index in [-0.39, 0.29) is 0 Å². The molecule has 1 aliphatic heterocycles. The molecule has 2 aliphatic rings. The Morgan fingerprint density at radius 3 is 2.47 bits per heavy atom. The van der Waals surface area contributed by atoms with Gasteiger partial charge in [-0.05, 0) is 24.2 Å². The Labute approximate surface area is 119 Å². The zero-order chi connectivity index (χ0) is 13.6. The minimum Gasteiger partial charge on any atom is -0.315 e. The summed E-state index contributed by atoms with van der Waals surface area (Å²) < 4.78 is 0. The molecular formula is C16H33N3. The summed E-state index contributed by atoms with van der Waals surface area (Å²) >= 11 is 0. The molecule has 0 aromatic rings. The molecule has 0 atom stereocenters. The summed E-state index contributed by atoms with van der Waals surface area (Å²) in [6.45, 7) is 13.2. The lowest BCUT2D eigenvalue weighted by Gasteiger charge is -2.37. The van der Waals surface area contributed by atoms with Crippen LogP contribution < -0.4 is 10.6 Å². The van der Waals surface area contributed by atoms with Gasteiger partial charge < -0.3 is 10.6 Å². The molecule has 1 aliphatic carbocycles. The van der Waals surface area contributed by atoms with Crippen LogP contribution in [-0.2, 0) is 0 Å². The van der Waals surface area contributed by atoms with Gasteiger partial charge in [0.05, 0.1) is 0 Å². The van der Waals surface area contributed by atoms with Crippen LogP contribution in [0.1, 0.15) is 46.0 Å². The van der Waals surface area contributed by atoms with Gasteiger partial charge in [-0.2, -0.15) is 0 Å². The molecule has 3 nitrogen and oxygen atoms in total. The van der Waals surface area contributed by atoms with Crippen LogP contribution in [0.2, 0.25) is 0 Å². The number of hydrogen-bond donors (Lipinski definition) is 2. The van der Waals surface area contributed by atoms with E-state index in [4.69, 9.17) is 0 Å². The van der Waals surface area contributed by atoms with E-state index in [9.17, 15) is 0 Å². The number of rotatable bonds is 6. The molecule has 0 bridgehead atoms. The number of nitrogens with zero attached hydrogens (tertiary/aromatic N) is 1. The molecule has 0 amide bonds. The van der Waals surface area contributed by atoms with Gasteiger partial charge in [0, 0.05) is 45.8 Å². The fourth-order valence-electron chi connectivity index (χ4n) is 3.61. The van der Waals surface area contributed by atoms with Crippen LogP contribution in [-0.4, -0.2) is 50.7 Å². The molecule has 0 spiro atoms. The highest BCUT2D eigenvalue weighted by Gasteiger charge is 2.29. The lowest BCUT2D eigenvalue weighted by Crippen LogP contribution is -2.46. The molecular weight excluding hydrogens is 234 g/mol. The molecule has 0 aromatic heterocycles. The molecule has 0 unspecified atom stereocenters. The van der Waals surface area contributed by atoms with Crippen molar-refractivity contribution in [2.45, 2.75) is 46.0 Å². The van der Waals surface area contributed by atoms with Crippen molar-refractivity contribution in [2.24, 2.45) is 11.3 Å². The van der Waals surface area contributed by atoms with Gasteiger partial charge in [-0.25, -0.2) is 0 Å². The molecule has 3 heteroatoms. The van der Waals surface area contributed by atoms with Gasteiger partial charge >= 0.3 is 0 Å². The first-order valence-electron chi connectivity index (χ1n) is 8.32. The molecule has 0 aromatic carbocycles. The van der Waals surface area contributed by atoms with E-state index in [0.29, 0.717) is 5.41 Å². The van der Waals surface area contributed by atoms with E-state index in [2.05, 4.69) is 29.4 Å². The van der Waals surface area contributed by atoms with E-state index < -0.39 is 0 Å². The molecule has 1 heterocycles. The fraction of sp³-hybridized carbons (Fsp3) is 1.00. The molecule has 2 N–H and O–H groups in total. The Hall–Kier alpha value is -0.120. The predicted molar refractivity (Wildman–Crippen MR) is 82.5 cm³/mol. The third-order valence-electron chi connectivity index (χ3n) is 5.11. The molecule has 1 saturated heterocycles. The summed E-state index contributed by atoms with van der Waals surface area (Å²) in [6.07, 6.45) is 7.27. The standard InChI is InChI=1S/C16H33N3/c1-16(2,15-6-4-3-5-7-15)14-18-10-13-19-11-8-17-9-12-19/h15,17-18H,3-14H2,1-2H3. The molecule has 19 heavy (non-hydrogen) atoms. The maximum atomic E-state index is 3.71. The van der Waals surface area contributed by atoms with Crippen molar-refractivity contribution in [3.8, 4) is 0 Å². The Balaban J connectivity index is 1.60. The zero-order valence-corrected chi connectivity index (χ0v) is 13.0. The van der Waals surface area contributed by atoms with Gasteiger partial charge in [-0.3, -0.25) is 4.90 Å². The minimum atomic E-state index is 0.476. The van der Waals surface area contributed by atoms with Crippen LogP contribution >= 0.6 is 0 Å². The van der Waals surface area contributed by atoms with E-state index in [1.165, 1.54) is 58.3 Å². The molecule has 0 radical (unpaired) electrons. The van der Waals surface area contributed by atoms with Crippen LogP contribution in [0, 0.1) is 11.3 Å². The van der Waals surface area contributed by atoms with E-state index in [1.54, 1.807) is 0 Å². The summed E-state index contributed by atoms with van der Waals surface area (Å²) in [7, 11) is 0. The first-order valence-corrected chi connectivity index (χ1v) is 8.32. The van der Waals surface area contributed by atoms with Crippen molar-refractivity contribution >= 4 is 0 Å². The van der Waals surface area contributed by atoms with Crippen LogP contribution in [0.4, 0.5) is 0 Å². The molecule has 112 valence electrons. The average molecular weight is 267 g/mol. The second-order valence-corrected chi connectivity index (χ2v) is 7.09. The van der Waals surface area contributed by atoms with Gasteiger partial charge in [-0.15, -0.1) is 0 Å². The van der Waals surface area contributed by atoms with Crippen LogP contribution in [0.15, 0.2) is 0 Å². The lowest BCUT2D eigenvalue weighted by molar-refractivity contribution is 0.151. The highest BCUT2D eigenvalue weighted by molar-refractivity contribution is 4.83. The first kappa shape index (κ1) is 15.3. The third kappa shape index (κ3) is 5.05. The SMILES string of the molecule is CC(C)(CNCCN1CCNCC1)C1CCCCC1. The fourth-order valence-corrected chi connectivity index (χ4v) is 3.61. The van der Waals surface area contributed by atoms with Gasteiger partial charge in [0.1, 0.15) is 0 Å². The van der Waals surface area contributed by atoms with Gasteiger partial charge in [0.2, 0.25) is 0 Å². The maximum absolute atomic E-state index is 3.71. The van der Waals surface area contributed by atoms with Crippen LogP contribution in [0.5, 0.6) is 0 Å². The predicted octanol–water partition coefficient (Wildman–Crippen LogP) is 2.09. The average Bonchev–Trinajstić information content (AvgIpc) is 2.46. The first-order chi connectivity index (χ1) is 9.18. The van der Waals surface area contributed by atoms with Crippen molar-refractivity contribution in [1.29, 1.82) is 0 Å². The second-order valence-electron chi connectivity index (χ2n) is 7.09. The van der Waals surface area contributed by atoms with Crippen molar-refractivity contribution in [3.63, 3.8) is 0 Å². The Morgan fingerprint density at radius 1 is 1.11 bits per heavy atom. The van der Waals surface area contributed by atoms with Crippen LogP contribution in [0.25, 0.3) is 0 Å². The highest BCUT2D eigenvalue weighted by Crippen LogP contribution is 2.37. The molecule has 2 fully saturated rings. The zero-order valence-electron chi connectivity index (χ0n) is 13.0. The smallest absolute Gasteiger partial charge is 0.0108 e. The Morgan fingerprint density at radius 2 is 1.79 bits per heavy atom. The minimum absolute atomic E-state index is 0.476. The summed E-state index contributed by atoms with van der Waals surface area (Å²) in [4.78, 5) is 2.57. The van der Waals surface area contributed by atoms with E-state index >= 15 is 0 Å². The summed E-state index contributed by atoms with van der Waals surface area (Å²) in [6, 6.07) is 0. The Kier molecular flexibility index (Phi) is 6.11. The quantitative estimate of drug-likeness (QED) is 0.722. The summed E-state index contributed by atoms with van der Waals surface area (Å²) in [5.74, 6) is 0.938.